The Balaban J connectivity index is 1.78. The maximum atomic E-state index is 6.09. The summed E-state index contributed by atoms with van der Waals surface area (Å²) in [4.78, 5) is 19.5. The average Bonchev–Trinajstić information content (AvgIpc) is 2.95. The van der Waals surface area contributed by atoms with Crippen LogP contribution in [-0.4, -0.2) is 38.8 Å². The molecule has 0 bridgehead atoms. The van der Waals surface area contributed by atoms with E-state index in [0.29, 0.717) is 32.2 Å². The minimum absolute atomic E-state index is 0.211. The van der Waals surface area contributed by atoms with Crippen LogP contribution >= 0.6 is 0 Å². The van der Waals surface area contributed by atoms with Gasteiger partial charge < -0.3 is 16.2 Å². The highest BCUT2D eigenvalue weighted by atomic mass is 16.7. The predicted octanol–water partition coefficient (Wildman–Crippen LogP) is 4.65. The number of nitrogens with one attached hydrogen (secondary N) is 1. The molecule has 0 aliphatic heterocycles. The number of hydrogen-bond acceptors (Lipinski definition) is 5. The summed E-state index contributed by atoms with van der Waals surface area (Å²) in [6.45, 7) is 7.36. The van der Waals surface area contributed by atoms with Crippen LogP contribution in [0.3, 0.4) is 0 Å². The summed E-state index contributed by atoms with van der Waals surface area (Å²) in [5.41, 5.74) is 20.9. The lowest BCUT2D eigenvalue weighted by Crippen LogP contribution is -2.37. The number of rotatable bonds is 13. The van der Waals surface area contributed by atoms with Gasteiger partial charge in [0.2, 0.25) is 11.9 Å². The van der Waals surface area contributed by atoms with Crippen LogP contribution in [0.15, 0.2) is 76.7 Å². The predicted molar refractivity (Wildman–Crippen MR) is 158 cm³/mol. The monoisotopic (exact) mass is 532 g/mol. The zero-order valence-electron chi connectivity index (χ0n) is 23.3. The molecular weight excluding hydrogens is 492 g/mol. The van der Waals surface area contributed by atoms with E-state index in [4.69, 9.17) is 25.9 Å². The molecule has 0 amide bonds. The van der Waals surface area contributed by atoms with Crippen LogP contribution < -0.4 is 26.7 Å². The van der Waals surface area contributed by atoms with Gasteiger partial charge in [-0.15, -0.1) is 0 Å². The number of anilines is 1. The molecule has 208 valence electrons. The maximum absolute atomic E-state index is 6.09. The van der Waals surface area contributed by atoms with Crippen molar-refractivity contribution in [1.82, 2.24) is 5.48 Å². The van der Waals surface area contributed by atoms with E-state index in [-0.39, 0.29) is 5.96 Å². The molecule has 0 aromatic heterocycles. The summed E-state index contributed by atoms with van der Waals surface area (Å²) in [5, 5.41) is 1.54. The fourth-order valence-corrected chi connectivity index (χ4v) is 4.03. The van der Waals surface area contributed by atoms with Gasteiger partial charge in [-0.3, -0.25) is 14.7 Å². The van der Waals surface area contributed by atoms with Crippen LogP contribution in [0.2, 0.25) is 0 Å². The average molecular weight is 533 g/mol. The standard InChI is InChI=1S/C30H40N6O3/c1-5-37-27-10-8-9-24(20-27)19-25-16-13-23(21-28(25)34-29(31)35-38-6-2)12-11-22-14-17-26(18-15-22)36(39-7-3)30(32)33-4/h8-10,13-18,20-21H,5-7,11-12,19H2,1-4H3,(H2,32,33)(H3,31,34,35). The molecular formula is C30H40N6O3. The first-order valence-corrected chi connectivity index (χ1v) is 13.3. The number of aryl methyl sites for hydroxylation is 2. The Hall–Kier alpha value is -4.08. The molecule has 3 rings (SSSR count). The third-order valence-corrected chi connectivity index (χ3v) is 5.88. The molecule has 0 aliphatic carbocycles. The SMILES string of the molecule is CCONC(N)=Nc1cc(CCc2ccc(N(OCC)C(N)=NC)cc2)ccc1Cc1cccc(OCC)c1. The molecule has 0 heterocycles. The molecule has 39 heavy (non-hydrogen) atoms. The third kappa shape index (κ3) is 9.01. The number of guanidine groups is 2. The Morgan fingerprint density at radius 3 is 2.28 bits per heavy atom. The van der Waals surface area contributed by atoms with E-state index in [1.165, 1.54) is 10.6 Å². The van der Waals surface area contributed by atoms with Gasteiger partial charge in [0.15, 0.2) is 0 Å². The second-order valence-electron chi connectivity index (χ2n) is 8.71. The van der Waals surface area contributed by atoms with Gasteiger partial charge in [0.25, 0.3) is 0 Å². The maximum Gasteiger partial charge on any atom is 0.220 e. The Kier molecular flexibility index (Phi) is 11.6. The fraction of sp³-hybridized carbons (Fsp3) is 0.333. The van der Waals surface area contributed by atoms with Crippen LogP contribution in [0, 0.1) is 0 Å². The van der Waals surface area contributed by atoms with Gasteiger partial charge in [0, 0.05) is 7.05 Å². The van der Waals surface area contributed by atoms with Gasteiger partial charge in [0.1, 0.15) is 5.75 Å². The molecule has 0 aliphatic rings. The lowest BCUT2D eigenvalue weighted by molar-refractivity contribution is 0.0960. The van der Waals surface area contributed by atoms with E-state index in [0.717, 1.165) is 46.7 Å². The highest BCUT2D eigenvalue weighted by molar-refractivity contribution is 5.92. The summed E-state index contributed by atoms with van der Waals surface area (Å²) in [6, 6.07) is 22.6. The summed E-state index contributed by atoms with van der Waals surface area (Å²) in [6.07, 6.45) is 2.40. The lowest BCUT2D eigenvalue weighted by Gasteiger charge is -2.21. The molecule has 9 nitrogen and oxygen atoms in total. The van der Waals surface area contributed by atoms with Crippen LogP contribution in [0.25, 0.3) is 0 Å². The number of nitrogens with zero attached hydrogens (tertiary/aromatic N) is 3. The van der Waals surface area contributed by atoms with E-state index >= 15 is 0 Å². The number of hydroxylamine groups is 2. The van der Waals surface area contributed by atoms with Gasteiger partial charge in [0.05, 0.1) is 31.2 Å². The van der Waals surface area contributed by atoms with Crippen molar-refractivity contribution < 1.29 is 14.4 Å². The van der Waals surface area contributed by atoms with Gasteiger partial charge >= 0.3 is 0 Å². The molecule has 0 spiro atoms. The van der Waals surface area contributed by atoms with Crippen LogP contribution in [0.1, 0.15) is 43.0 Å². The molecule has 0 radical (unpaired) electrons. The number of aliphatic imine (C=N–C) groups is 2. The van der Waals surface area contributed by atoms with Crippen molar-refractivity contribution >= 4 is 23.3 Å². The molecule has 0 atom stereocenters. The zero-order valence-corrected chi connectivity index (χ0v) is 23.3. The normalized spacial score (nSPS) is 11.9. The molecule has 0 unspecified atom stereocenters. The minimum Gasteiger partial charge on any atom is -0.494 e. The van der Waals surface area contributed by atoms with E-state index < -0.39 is 0 Å². The molecule has 0 saturated carbocycles. The van der Waals surface area contributed by atoms with Gasteiger partial charge in [-0.1, -0.05) is 36.4 Å². The molecule has 3 aromatic carbocycles. The van der Waals surface area contributed by atoms with Crippen molar-refractivity contribution in [3.8, 4) is 5.75 Å². The summed E-state index contributed by atoms with van der Waals surface area (Å²) >= 11 is 0. The molecule has 5 N–H and O–H groups in total. The van der Waals surface area contributed by atoms with Crippen molar-refractivity contribution in [2.45, 2.75) is 40.0 Å². The van der Waals surface area contributed by atoms with E-state index in [2.05, 4.69) is 57.9 Å². The van der Waals surface area contributed by atoms with Gasteiger partial charge in [-0.05, 0) is 92.6 Å². The Morgan fingerprint density at radius 1 is 0.846 bits per heavy atom. The first-order valence-electron chi connectivity index (χ1n) is 13.3. The molecule has 0 saturated heterocycles. The Morgan fingerprint density at radius 2 is 1.59 bits per heavy atom. The Labute approximate surface area is 231 Å². The number of benzene rings is 3. The number of ether oxygens (including phenoxy) is 1. The van der Waals surface area contributed by atoms with Crippen LogP contribution in [-0.2, 0) is 28.9 Å². The van der Waals surface area contributed by atoms with Gasteiger partial charge in [-0.25, -0.2) is 10.5 Å². The highest BCUT2D eigenvalue weighted by Crippen LogP contribution is 2.26. The first kappa shape index (κ1) is 29.5. The smallest absolute Gasteiger partial charge is 0.220 e. The third-order valence-electron chi connectivity index (χ3n) is 5.88. The summed E-state index contributed by atoms with van der Waals surface area (Å²) in [5.74, 6) is 1.37. The van der Waals surface area contributed by atoms with Crippen LogP contribution in [0.5, 0.6) is 5.75 Å². The van der Waals surface area contributed by atoms with E-state index in [9.17, 15) is 0 Å². The van der Waals surface area contributed by atoms with Crippen LogP contribution in [0.4, 0.5) is 11.4 Å². The molecule has 9 heteroatoms. The summed E-state index contributed by atoms with van der Waals surface area (Å²) < 4.78 is 5.67. The number of nitrogens with two attached hydrogens (primary N) is 2. The highest BCUT2D eigenvalue weighted by Gasteiger charge is 2.11. The topological polar surface area (TPSA) is 120 Å². The largest absolute Gasteiger partial charge is 0.494 e. The van der Waals surface area contributed by atoms with E-state index in [1.807, 2.05) is 45.0 Å². The zero-order chi connectivity index (χ0) is 28.0. The number of hydrogen-bond donors (Lipinski definition) is 3. The minimum atomic E-state index is 0.211. The lowest BCUT2D eigenvalue weighted by atomic mass is 9.98. The van der Waals surface area contributed by atoms with Gasteiger partial charge in [-0.2, -0.15) is 5.06 Å². The Bertz CT molecular complexity index is 1240. The molecule has 0 fully saturated rings. The molecule has 3 aromatic rings. The van der Waals surface area contributed by atoms with Crippen molar-refractivity contribution in [1.29, 1.82) is 0 Å². The summed E-state index contributed by atoms with van der Waals surface area (Å²) in [7, 11) is 1.64. The van der Waals surface area contributed by atoms with E-state index in [1.54, 1.807) is 7.05 Å². The van der Waals surface area contributed by atoms with Crippen molar-refractivity contribution in [3.63, 3.8) is 0 Å². The van der Waals surface area contributed by atoms with Crippen molar-refractivity contribution in [2.75, 3.05) is 31.9 Å². The second kappa shape index (κ2) is 15.4. The van der Waals surface area contributed by atoms with Crippen molar-refractivity contribution in [3.05, 3.63) is 89.0 Å². The fourth-order valence-electron chi connectivity index (χ4n) is 4.03. The second-order valence-corrected chi connectivity index (χ2v) is 8.71. The van der Waals surface area contributed by atoms with Crippen molar-refractivity contribution in [2.24, 2.45) is 21.5 Å². The quantitative estimate of drug-likeness (QED) is 0.166. The first-order chi connectivity index (χ1) is 19.0.